The molecule has 1 heterocycles. The molecule has 0 unspecified atom stereocenters. The van der Waals surface area contributed by atoms with Crippen molar-refractivity contribution in [2.75, 3.05) is 11.9 Å². The van der Waals surface area contributed by atoms with Crippen LogP contribution in [0.1, 0.15) is 45.3 Å². The Morgan fingerprint density at radius 3 is 2.27 bits per heavy atom. The minimum atomic E-state index is -0.330. The molecule has 1 amide bonds. The van der Waals surface area contributed by atoms with E-state index in [0.29, 0.717) is 21.2 Å². The van der Waals surface area contributed by atoms with Crippen molar-refractivity contribution in [3.63, 3.8) is 0 Å². The first-order valence-electron chi connectivity index (χ1n) is 10.0. The molecular weight excluding hydrogens is 416 g/mol. The fourth-order valence-corrected chi connectivity index (χ4v) is 4.51. The van der Waals surface area contributed by atoms with Crippen LogP contribution in [-0.2, 0) is 24.1 Å². The third-order valence-electron chi connectivity index (χ3n) is 4.81. The number of amides is 1. The van der Waals surface area contributed by atoms with Gasteiger partial charge in [-0.1, -0.05) is 61.3 Å². The largest absolute Gasteiger partial charge is 0.322 e. The van der Waals surface area contributed by atoms with Gasteiger partial charge in [0, 0.05) is 10.4 Å². The van der Waals surface area contributed by atoms with Crippen molar-refractivity contribution in [2.45, 2.75) is 32.6 Å². The van der Waals surface area contributed by atoms with E-state index in [2.05, 4.69) is 36.5 Å². The molecule has 0 saturated carbocycles. The number of nitrogens with two attached hydrogens (primary N) is 1. The summed E-state index contributed by atoms with van der Waals surface area (Å²) in [6.45, 7) is 2.03. The predicted octanol–water partition coefficient (Wildman–Crippen LogP) is 5.27. The molecule has 3 rings (SSSR count). The Morgan fingerprint density at radius 1 is 0.967 bits per heavy atom. The van der Waals surface area contributed by atoms with Crippen LogP contribution in [0, 0.1) is 0 Å². The van der Waals surface area contributed by atoms with Crippen LogP contribution in [0.3, 0.4) is 0 Å². The average Bonchev–Trinajstić information content (AvgIpc) is 3.15. The minimum absolute atomic E-state index is 0.142. The van der Waals surface area contributed by atoms with E-state index < -0.39 is 0 Å². The monoisotopic (exact) mass is 440 g/mol. The summed E-state index contributed by atoms with van der Waals surface area (Å²) in [5, 5.41) is 3.67. The van der Waals surface area contributed by atoms with Gasteiger partial charge in [0.1, 0.15) is 5.00 Å². The molecule has 3 aromatic rings. The summed E-state index contributed by atoms with van der Waals surface area (Å²) < 4.78 is 0. The molecule has 0 radical (unpaired) electrons. The summed E-state index contributed by atoms with van der Waals surface area (Å²) in [6, 6.07) is 17.4. The van der Waals surface area contributed by atoms with Crippen molar-refractivity contribution in [1.29, 1.82) is 0 Å². The van der Waals surface area contributed by atoms with Gasteiger partial charge in [0.15, 0.2) is 5.78 Å². The lowest BCUT2D eigenvalue weighted by molar-refractivity contribution is -0.114. The Kier molecular flexibility index (Phi) is 7.80. The molecule has 4 nitrogen and oxygen atoms in total. The molecule has 1 aromatic heterocycles. The van der Waals surface area contributed by atoms with Crippen LogP contribution >= 0.6 is 22.9 Å². The van der Waals surface area contributed by atoms with Crippen molar-refractivity contribution in [1.82, 2.24) is 0 Å². The van der Waals surface area contributed by atoms with E-state index >= 15 is 0 Å². The maximum atomic E-state index is 13.1. The lowest BCUT2D eigenvalue weighted by Crippen LogP contribution is -2.22. The van der Waals surface area contributed by atoms with Crippen LogP contribution in [-0.4, -0.2) is 18.2 Å². The summed E-state index contributed by atoms with van der Waals surface area (Å²) in [4.78, 5) is 26.0. The molecule has 2 aromatic carbocycles. The van der Waals surface area contributed by atoms with Crippen LogP contribution in [0.2, 0.25) is 5.02 Å². The van der Waals surface area contributed by atoms with Crippen molar-refractivity contribution in [3.8, 4) is 0 Å². The van der Waals surface area contributed by atoms with E-state index in [0.717, 1.165) is 30.6 Å². The number of rotatable bonds is 9. The summed E-state index contributed by atoms with van der Waals surface area (Å²) in [5.74, 6) is -0.539. The highest BCUT2D eigenvalue weighted by atomic mass is 35.5. The maximum absolute atomic E-state index is 13.1. The number of aryl methyl sites for hydroxylation is 3. The quantitative estimate of drug-likeness (QED) is 0.445. The SMILES string of the molecule is CCCc1ccc(CCc2cc(C(=O)c3ccccc3Cl)c(NC(=O)CN)s2)cc1. The normalized spacial score (nSPS) is 10.8. The van der Waals surface area contributed by atoms with Crippen LogP contribution in [0.4, 0.5) is 5.00 Å². The molecule has 30 heavy (non-hydrogen) atoms. The molecule has 3 N–H and O–H groups in total. The zero-order valence-electron chi connectivity index (χ0n) is 16.9. The third-order valence-corrected chi connectivity index (χ3v) is 6.25. The van der Waals surface area contributed by atoms with Crippen molar-refractivity contribution >= 4 is 39.6 Å². The average molecular weight is 441 g/mol. The number of benzene rings is 2. The Labute approximate surface area is 186 Å². The van der Waals surface area contributed by atoms with Crippen molar-refractivity contribution < 1.29 is 9.59 Å². The topological polar surface area (TPSA) is 72.2 Å². The number of halogens is 1. The number of hydrogen-bond acceptors (Lipinski definition) is 4. The Bertz CT molecular complexity index is 1030. The Balaban J connectivity index is 1.81. The summed E-state index contributed by atoms with van der Waals surface area (Å²) in [6.07, 6.45) is 3.85. The summed E-state index contributed by atoms with van der Waals surface area (Å²) in [7, 11) is 0. The van der Waals surface area contributed by atoms with Gasteiger partial charge in [-0.05, 0) is 48.6 Å². The fourth-order valence-electron chi connectivity index (χ4n) is 3.22. The zero-order valence-corrected chi connectivity index (χ0v) is 18.5. The van der Waals surface area contributed by atoms with Gasteiger partial charge in [-0.3, -0.25) is 9.59 Å². The highest BCUT2D eigenvalue weighted by Crippen LogP contribution is 2.32. The first-order chi connectivity index (χ1) is 14.5. The molecule has 0 spiro atoms. The van der Waals surface area contributed by atoms with E-state index in [9.17, 15) is 9.59 Å². The third kappa shape index (κ3) is 5.57. The lowest BCUT2D eigenvalue weighted by atomic mass is 10.0. The number of carbonyl (C=O) groups is 2. The molecule has 0 atom stereocenters. The van der Waals surface area contributed by atoms with E-state index in [4.69, 9.17) is 17.3 Å². The molecule has 0 aliphatic heterocycles. The maximum Gasteiger partial charge on any atom is 0.238 e. The Morgan fingerprint density at radius 2 is 1.63 bits per heavy atom. The second-order valence-corrected chi connectivity index (χ2v) is 8.63. The number of carbonyl (C=O) groups excluding carboxylic acids is 2. The highest BCUT2D eigenvalue weighted by molar-refractivity contribution is 7.16. The first kappa shape index (κ1) is 22.2. The van der Waals surface area contributed by atoms with Crippen molar-refractivity contribution in [2.24, 2.45) is 5.73 Å². The van der Waals surface area contributed by atoms with Crippen LogP contribution in [0.15, 0.2) is 54.6 Å². The van der Waals surface area contributed by atoms with E-state index in [-0.39, 0.29) is 18.2 Å². The second-order valence-electron chi connectivity index (χ2n) is 7.08. The highest BCUT2D eigenvalue weighted by Gasteiger charge is 2.20. The number of nitrogens with one attached hydrogen (secondary N) is 1. The van der Waals surface area contributed by atoms with Gasteiger partial charge in [0.05, 0.1) is 17.1 Å². The van der Waals surface area contributed by atoms with Gasteiger partial charge in [-0.25, -0.2) is 0 Å². The van der Waals surface area contributed by atoms with Crippen LogP contribution in [0.5, 0.6) is 0 Å². The molecule has 0 aliphatic carbocycles. The molecular formula is C24H25ClN2O2S. The summed E-state index contributed by atoms with van der Waals surface area (Å²) in [5.41, 5.74) is 8.89. The smallest absolute Gasteiger partial charge is 0.238 e. The molecule has 0 aliphatic rings. The molecule has 6 heteroatoms. The van der Waals surface area contributed by atoms with E-state index in [1.807, 2.05) is 6.07 Å². The van der Waals surface area contributed by atoms with Gasteiger partial charge in [0.2, 0.25) is 5.91 Å². The molecule has 156 valence electrons. The minimum Gasteiger partial charge on any atom is -0.322 e. The van der Waals surface area contributed by atoms with Gasteiger partial charge in [0.25, 0.3) is 0 Å². The first-order valence-corrected chi connectivity index (χ1v) is 11.2. The number of hydrogen-bond donors (Lipinski definition) is 2. The second kappa shape index (κ2) is 10.5. The summed E-state index contributed by atoms with van der Waals surface area (Å²) >= 11 is 7.62. The van der Waals surface area contributed by atoms with E-state index in [1.54, 1.807) is 24.3 Å². The fraction of sp³-hybridized carbons (Fsp3) is 0.250. The van der Waals surface area contributed by atoms with Gasteiger partial charge in [-0.2, -0.15) is 0 Å². The van der Waals surface area contributed by atoms with Gasteiger partial charge < -0.3 is 11.1 Å². The van der Waals surface area contributed by atoms with E-state index in [1.165, 1.54) is 22.5 Å². The molecule has 0 bridgehead atoms. The zero-order chi connectivity index (χ0) is 21.5. The lowest BCUT2D eigenvalue weighted by Gasteiger charge is -2.05. The van der Waals surface area contributed by atoms with Crippen LogP contribution in [0.25, 0.3) is 0 Å². The Hall–Kier alpha value is -2.47. The van der Waals surface area contributed by atoms with Gasteiger partial charge >= 0.3 is 0 Å². The standard InChI is InChI=1S/C24H25ClN2O2S/c1-2-5-16-8-10-17(11-9-16)12-13-18-14-20(24(30-18)27-22(28)15-26)23(29)19-6-3-4-7-21(19)25/h3-4,6-11,14H,2,5,12-13,15,26H2,1H3,(H,27,28). The predicted molar refractivity (Wildman–Crippen MR) is 125 cm³/mol. The van der Waals surface area contributed by atoms with Gasteiger partial charge in [-0.15, -0.1) is 11.3 Å². The number of anilines is 1. The van der Waals surface area contributed by atoms with Crippen LogP contribution < -0.4 is 11.1 Å². The number of ketones is 1. The number of thiophene rings is 1. The van der Waals surface area contributed by atoms with Crippen molar-refractivity contribution in [3.05, 3.63) is 86.8 Å². The molecule has 0 saturated heterocycles. The molecule has 0 fully saturated rings.